The van der Waals surface area contributed by atoms with E-state index < -0.39 is 0 Å². The van der Waals surface area contributed by atoms with Crippen molar-refractivity contribution in [3.63, 3.8) is 0 Å². The van der Waals surface area contributed by atoms with Gasteiger partial charge in [-0.25, -0.2) is 0 Å². The van der Waals surface area contributed by atoms with Crippen LogP contribution in [0.1, 0.15) is 78.1 Å². The molecule has 1 nitrogen and oxygen atoms in total. The van der Waals surface area contributed by atoms with Crippen LogP contribution in [0, 0.1) is 17.8 Å². The van der Waals surface area contributed by atoms with E-state index in [1.165, 1.54) is 70.3 Å². The van der Waals surface area contributed by atoms with E-state index in [4.69, 9.17) is 4.43 Å². The summed E-state index contributed by atoms with van der Waals surface area (Å²) in [4.78, 5) is 0. The molecule has 0 aromatic rings. The smallest absolute Gasteiger partial charge is 0.230 e. The Kier molecular flexibility index (Phi) is 6.93. The SMILES string of the molecule is CC(C)C[Si]OC(C1CCCCC1)C1CCCCC1. The second-order valence-corrected chi connectivity index (χ2v) is 8.05. The lowest BCUT2D eigenvalue weighted by Crippen LogP contribution is -2.35. The summed E-state index contributed by atoms with van der Waals surface area (Å²) < 4.78 is 6.46. The van der Waals surface area contributed by atoms with E-state index >= 15 is 0 Å². The van der Waals surface area contributed by atoms with Crippen molar-refractivity contribution in [2.24, 2.45) is 17.8 Å². The molecule has 0 atom stereocenters. The first-order valence-electron chi connectivity index (χ1n) is 8.66. The summed E-state index contributed by atoms with van der Waals surface area (Å²) >= 11 is 0. The van der Waals surface area contributed by atoms with Crippen LogP contribution in [0.5, 0.6) is 0 Å². The van der Waals surface area contributed by atoms with Gasteiger partial charge in [0, 0.05) is 0 Å². The molecule has 0 aromatic carbocycles. The molecule has 110 valence electrons. The summed E-state index contributed by atoms with van der Waals surface area (Å²) in [6, 6.07) is 1.26. The third kappa shape index (κ3) is 5.22. The van der Waals surface area contributed by atoms with Crippen LogP contribution in [0.25, 0.3) is 0 Å². The maximum atomic E-state index is 6.46. The fourth-order valence-electron chi connectivity index (χ4n) is 3.81. The highest BCUT2D eigenvalue weighted by Crippen LogP contribution is 2.37. The minimum atomic E-state index is 0.609. The molecular weight excluding hydrogens is 248 g/mol. The summed E-state index contributed by atoms with van der Waals surface area (Å²) in [6.07, 6.45) is 15.1. The largest absolute Gasteiger partial charge is 0.414 e. The Morgan fingerprint density at radius 3 is 1.74 bits per heavy atom. The maximum absolute atomic E-state index is 6.46. The predicted octanol–water partition coefficient (Wildman–Crippen LogP) is 5.23. The molecule has 0 saturated heterocycles. The highest BCUT2D eigenvalue weighted by Gasteiger charge is 2.31. The fraction of sp³-hybridized carbons (Fsp3) is 1.00. The molecule has 0 bridgehead atoms. The summed E-state index contributed by atoms with van der Waals surface area (Å²) in [6.45, 7) is 4.62. The summed E-state index contributed by atoms with van der Waals surface area (Å²) in [5, 5.41) is 0. The average Bonchev–Trinajstić information content (AvgIpc) is 2.45. The van der Waals surface area contributed by atoms with Crippen LogP contribution in [0.15, 0.2) is 0 Å². The van der Waals surface area contributed by atoms with E-state index in [1.807, 2.05) is 0 Å². The Morgan fingerprint density at radius 1 is 0.842 bits per heavy atom. The molecule has 2 radical (unpaired) electrons. The zero-order chi connectivity index (χ0) is 13.5. The normalized spacial score (nSPS) is 23.4. The first kappa shape index (κ1) is 15.6. The van der Waals surface area contributed by atoms with Gasteiger partial charge in [-0.2, -0.15) is 0 Å². The number of rotatable bonds is 6. The van der Waals surface area contributed by atoms with Crippen LogP contribution in [-0.4, -0.2) is 15.9 Å². The van der Waals surface area contributed by atoms with Crippen LogP contribution in [0.2, 0.25) is 6.04 Å². The van der Waals surface area contributed by atoms with Crippen LogP contribution in [-0.2, 0) is 4.43 Å². The average molecular weight is 281 g/mol. The zero-order valence-electron chi connectivity index (χ0n) is 13.0. The lowest BCUT2D eigenvalue weighted by atomic mass is 9.75. The lowest BCUT2D eigenvalue weighted by molar-refractivity contribution is 0.0411. The molecular formula is C17H32OSi. The Hall–Kier alpha value is 0.177. The zero-order valence-corrected chi connectivity index (χ0v) is 14.0. The van der Waals surface area contributed by atoms with Crippen molar-refractivity contribution in [1.29, 1.82) is 0 Å². The molecule has 2 saturated carbocycles. The second-order valence-electron chi connectivity index (χ2n) is 7.12. The molecule has 0 unspecified atom stereocenters. The Labute approximate surface area is 122 Å². The number of hydrogen-bond acceptors (Lipinski definition) is 1. The molecule has 0 amide bonds. The van der Waals surface area contributed by atoms with Crippen molar-refractivity contribution in [3.05, 3.63) is 0 Å². The monoisotopic (exact) mass is 280 g/mol. The first-order chi connectivity index (χ1) is 9.27. The number of hydrogen-bond donors (Lipinski definition) is 0. The highest BCUT2D eigenvalue weighted by atomic mass is 28.2. The molecule has 2 aliphatic carbocycles. The van der Waals surface area contributed by atoms with Crippen molar-refractivity contribution < 1.29 is 4.43 Å². The van der Waals surface area contributed by atoms with Crippen molar-refractivity contribution in [2.45, 2.75) is 90.2 Å². The van der Waals surface area contributed by atoms with Gasteiger partial charge in [-0.1, -0.05) is 52.4 Å². The molecule has 0 aliphatic heterocycles. The molecule has 19 heavy (non-hydrogen) atoms. The summed E-state index contributed by atoms with van der Waals surface area (Å²) in [5.74, 6) is 2.56. The van der Waals surface area contributed by atoms with Gasteiger partial charge in [0.05, 0.1) is 6.10 Å². The van der Waals surface area contributed by atoms with Gasteiger partial charge in [0.1, 0.15) is 0 Å². The van der Waals surface area contributed by atoms with Crippen LogP contribution < -0.4 is 0 Å². The van der Waals surface area contributed by atoms with Gasteiger partial charge in [-0.05, 0) is 49.5 Å². The van der Waals surface area contributed by atoms with Gasteiger partial charge in [0.25, 0.3) is 0 Å². The van der Waals surface area contributed by atoms with Gasteiger partial charge < -0.3 is 4.43 Å². The molecule has 0 spiro atoms. The van der Waals surface area contributed by atoms with Gasteiger partial charge in [0.2, 0.25) is 9.76 Å². The molecule has 0 heterocycles. The minimum Gasteiger partial charge on any atom is -0.414 e. The van der Waals surface area contributed by atoms with Gasteiger partial charge in [-0.3, -0.25) is 0 Å². The Balaban J connectivity index is 1.86. The van der Waals surface area contributed by atoms with E-state index in [1.54, 1.807) is 0 Å². The molecule has 2 aliphatic rings. The summed E-state index contributed by atoms with van der Waals surface area (Å²) in [7, 11) is 0.742. The lowest BCUT2D eigenvalue weighted by Gasteiger charge is -2.38. The van der Waals surface area contributed by atoms with E-state index in [0.29, 0.717) is 6.10 Å². The Morgan fingerprint density at radius 2 is 1.32 bits per heavy atom. The van der Waals surface area contributed by atoms with E-state index in [0.717, 1.165) is 27.5 Å². The molecule has 2 heteroatoms. The molecule has 0 N–H and O–H groups in total. The predicted molar refractivity (Wildman–Crippen MR) is 83.4 cm³/mol. The highest BCUT2D eigenvalue weighted by molar-refractivity contribution is 6.27. The molecule has 0 aromatic heterocycles. The van der Waals surface area contributed by atoms with E-state index in [-0.39, 0.29) is 0 Å². The van der Waals surface area contributed by atoms with E-state index in [9.17, 15) is 0 Å². The van der Waals surface area contributed by atoms with Crippen LogP contribution in [0.4, 0.5) is 0 Å². The summed E-state index contributed by atoms with van der Waals surface area (Å²) in [5.41, 5.74) is 0. The molecule has 2 fully saturated rings. The van der Waals surface area contributed by atoms with E-state index in [2.05, 4.69) is 13.8 Å². The van der Waals surface area contributed by atoms with Crippen molar-refractivity contribution in [3.8, 4) is 0 Å². The van der Waals surface area contributed by atoms with Gasteiger partial charge >= 0.3 is 0 Å². The third-order valence-corrected chi connectivity index (χ3v) is 6.36. The van der Waals surface area contributed by atoms with Gasteiger partial charge in [-0.15, -0.1) is 0 Å². The van der Waals surface area contributed by atoms with Crippen LogP contribution >= 0.6 is 0 Å². The standard InChI is InChI=1S/C17H32OSi/c1-14(2)13-19-18-17(15-9-5-3-6-10-15)16-11-7-4-8-12-16/h14-17H,3-13H2,1-2H3. The maximum Gasteiger partial charge on any atom is 0.230 e. The van der Waals surface area contributed by atoms with Crippen molar-refractivity contribution in [1.82, 2.24) is 0 Å². The van der Waals surface area contributed by atoms with Crippen LogP contribution in [0.3, 0.4) is 0 Å². The fourth-order valence-corrected chi connectivity index (χ4v) is 4.82. The molecule has 2 rings (SSSR count). The topological polar surface area (TPSA) is 9.23 Å². The van der Waals surface area contributed by atoms with Crippen molar-refractivity contribution >= 4 is 9.76 Å². The first-order valence-corrected chi connectivity index (χ1v) is 9.77. The van der Waals surface area contributed by atoms with Crippen molar-refractivity contribution in [2.75, 3.05) is 0 Å². The Bertz CT molecular complexity index is 211. The minimum absolute atomic E-state index is 0.609. The van der Waals surface area contributed by atoms with Gasteiger partial charge in [0.15, 0.2) is 0 Å². The quantitative estimate of drug-likeness (QED) is 0.606. The third-order valence-electron chi connectivity index (χ3n) is 4.94. The second kappa shape index (κ2) is 8.46.